The first-order chi connectivity index (χ1) is 13.1. The van der Waals surface area contributed by atoms with Gasteiger partial charge in [0.2, 0.25) is 5.91 Å². The highest BCUT2D eigenvalue weighted by Crippen LogP contribution is 2.19. The Balaban J connectivity index is 1.66. The molecule has 0 radical (unpaired) electrons. The summed E-state index contributed by atoms with van der Waals surface area (Å²) in [5.74, 6) is -0.503. The second-order valence-corrected chi connectivity index (χ2v) is 6.91. The zero-order chi connectivity index (χ0) is 19.1. The second-order valence-electron chi connectivity index (χ2n) is 5.75. The summed E-state index contributed by atoms with van der Waals surface area (Å²) in [6.07, 6.45) is 0. The molecule has 0 spiro atoms. The lowest BCUT2D eigenvalue weighted by Crippen LogP contribution is -2.24. The van der Waals surface area contributed by atoms with Gasteiger partial charge in [0, 0.05) is 14.9 Å². The Labute approximate surface area is 171 Å². The molecule has 0 heterocycles. The third kappa shape index (κ3) is 5.30. The summed E-state index contributed by atoms with van der Waals surface area (Å²) in [4.78, 5) is 24.9. The molecule has 0 aliphatic carbocycles. The predicted molar refractivity (Wildman–Crippen MR) is 117 cm³/mol. The van der Waals surface area contributed by atoms with Gasteiger partial charge in [-0.05, 0) is 59.0 Å². The fourth-order valence-corrected chi connectivity index (χ4v) is 3.06. The highest BCUT2D eigenvalue weighted by Gasteiger charge is 2.13. The maximum Gasteiger partial charge on any atom is 0.257 e. The van der Waals surface area contributed by atoms with Gasteiger partial charge in [0.25, 0.3) is 5.91 Å². The van der Waals surface area contributed by atoms with Crippen LogP contribution in [0.3, 0.4) is 0 Å². The molecule has 3 aromatic rings. The molecule has 0 unspecified atom stereocenters. The third-order valence-electron chi connectivity index (χ3n) is 3.79. The first-order valence-corrected chi connectivity index (χ1v) is 9.45. The van der Waals surface area contributed by atoms with Crippen molar-refractivity contribution in [3.05, 3.63) is 88.0 Å². The van der Waals surface area contributed by atoms with Crippen LogP contribution in [-0.2, 0) is 4.79 Å². The second kappa shape index (κ2) is 9.18. The van der Waals surface area contributed by atoms with Gasteiger partial charge in [-0.3, -0.25) is 9.59 Å². The van der Waals surface area contributed by atoms with Gasteiger partial charge in [-0.1, -0.05) is 42.5 Å². The summed E-state index contributed by atoms with van der Waals surface area (Å²) in [6, 6.07) is 23.9. The minimum atomic E-state index is -0.275. The monoisotopic (exact) mass is 471 g/mol. The molecule has 0 saturated carbocycles. The maximum atomic E-state index is 12.6. The zero-order valence-electron chi connectivity index (χ0n) is 14.4. The average Bonchev–Trinajstić information content (AvgIpc) is 2.68. The van der Waals surface area contributed by atoms with Crippen molar-refractivity contribution in [1.82, 2.24) is 0 Å². The first kappa shape index (κ1) is 18.9. The van der Waals surface area contributed by atoms with E-state index in [1.807, 2.05) is 54.6 Å². The van der Waals surface area contributed by atoms with Crippen molar-refractivity contribution in [3.63, 3.8) is 0 Å². The summed E-state index contributed by atoms with van der Waals surface area (Å²) in [7, 11) is 0. The summed E-state index contributed by atoms with van der Waals surface area (Å²) < 4.78 is 1.03. The SMILES string of the molecule is O=C(CNc1ccccc1I)Nc1ccccc1C(=O)Nc1ccccc1. The number of para-hydroxylation sites is 3. The van der Waals surface area contributed by atoms with Crippen LogP contribution in [0.5, 0.6) is 0 Å². The minimum absolute atomic E-state index is 0.106. The number of hydrogen-bond acceptors (Lipinski definition) is 3. The molecule has 2 amide bonds. The van der Waals surface area contributed by atoms with E-state index in [1.54, 1.807) is 24.3 Å². The topological polar surface area (TPSA) is 70.2 Å². The van der Waals surface area contributed by atoms with Gasteiger partial charge in [-0.25, -0.2) is 0 Å². The van der Waals surface area contributed by atoms with Gasteiger partial charge in [0.15, 0.2) is 0 Å². The van der Waals surface area contributed by atoms with Crippen LogP contribution in [0, 0.1) is 3.57 Å². The Hall–Kier alpha value is -2.87. The van der Waals surface area contributed by atoms with Crippen molar-refractivity contribution < 1.29 is 9.59 Å². The van der Waals surface area contributed by atoms with E-state index in [4.69, 9.17) is 0 Å². The molecule has 3 aromatic carbocycles. The van der Waals surface area contributed by atoms with Crippen molar-refractivity contribution in [2.24, 2.45) is 0 Å². The smallest absolute Gasteiger partial charge is 0.257 e. The standard InChI is InChI=1S/C21H18IN3O2/c22-17-11-5-7-13-19(17)23-14-20(26)25-18-12-6-4-10-16(18)21(27)24-15-8-2-1-3-9-15/h1-13,23H,14H2,(H,24,27)(H,25,26). The Morgan fingerprint density at radius 1 is 0.741 bits per heavy atom. The lowest BCUT2D eigenvalue weighted by molar-refractivity contribution is -0.114. The number of benzene rings is 3. The summed E-state index contributed by atoms with van der Waals surface area (Å²) in [5, 5.41) is 8.73. The molecule has 0 atom stereocenters. The molecule has 5 nitrogen and oxygen atoms in total. The van der Waals surface area contributed by atoms with E-state index in [1.165, 1.54) is 0 Å². The van der Waals surface area contributed by atoms with Crippen LogP contribution in [0.4, 0.5) is 17.1 Å². The van der Waals surface area contributed by atoms with Crippen molar-refractivity contribution >= 4 is 51.5 Å². The number of carbonyl (C=O) groups excluding carboxylic acids is 2. The van der Waals surface area contributed by atoms with E-state index >= 15 is 0 Å². The minimum Gasteiger partial charge on any atom is -0.375 e. The predicted octanol–water partition coefficient (Wildman–Crippen LogP) is 4.59. The number of carbonyl (C=O) groups is 2. The Morgan fingerprint density at radius 3 is 2.11 bits per heavy atom. The van der Waals surface area contributed by atoms with Crippen LogP contribution in [0.2, 0.25) is 0 Å². The molecule has 6 heteroatoms. The van der Waals surface area contributed by atoms with E-state index in [0.717, 1.165) is 9.26 Å². The van der Waals surface area contributed by atoms with Crippen LogP contribution in [-0.4, -0.2) is 18.4 Å². The zero-order valence-corrected chi connectivity index (χ0v) is 16.6. The summed E-state index contributed by atoms with van der Waals surface area (Å²) in [5.41, 5.74) is 2.47. The Kier molecular flexibility index (Phi) is 6.43. The molecule has 3 rings (SSSR count). The molecule has 27 heavy (non-hydrogen) atoms. The molecule has 0 bridgehead atoms. The number of halogens is 1. The van der Waals surface area contributed by atoms with Crippen LogP contribution in [0.1, 0.15) is 10.4 Å². The molecule has 0 aliphatic rings. The number of amides is 2. The average molecular weight is 471 g/mol. The van der Waals surface area contributed by atoms with Gasteiger partial charge in [0.1, 0.15) is 0 Å². The summed E-state index contributed by atoms with van der Waals surface area (Å²) >= 11 is 2.21. The van der Waals surface area contributed by atoms with E-state index in [-0.39, 0.29) is 18.4 Å². The van der Waals surface area contributed by atoms with Crippen LogP contribution in [0.25, 0.3) is 0 Å². The normalized spacial score (nSPS) is 10.1. The largest absolute Gasteiger partial charge is 0.375 e. The summed E-state index contributed by atoms with van der Waals surface area (Å²) in [6.45, 7) is 0.106. The van der Waals surface area contributed by atoms with Gasteiger partial charge in [-0.2, -0.15) is 0 Å². The van der Waals surface area contributed by atoms with Crippen molar-refractivity contribution in [2.75, 3.05) is 22.5 Å². The molecule has 0 saturated heterocycles. The first-order valence-electron chi connectivity index (χ1n) is 8.37. The quantitative estimate of drug-likeness (QED) is 0.461. The van der Waals surface area contributed by atoms with E-state index in [0.29, 0.717) is 16.9 Å². The van der Waals surface area contributed by atoms with E-state index in [2.05, 4.69) is 38.5 Å². The Bertz CT molecular complexity index is 945. The number of rotatable bonds is 6. The number of nitrogens with one attached hydrogen (secondary N) is 3. The van der Waals surface area contributed by atoms with Gasteiger partial charge in [-0.15, -0.1) is 0 Å². The van der Waals surface area contributed by atoms with Crippen molar-refractivity contribution in [1.29, 1.82) is 0 Å². The fraction of sp³-hybridized carbons (Fsp3) is 0.0476. The lowest BCUT2D eigenvalue weighted by atomic mass is 10.1. The number of hydrogen-bond donors (Lipinski definition) is 3. The van der Waals surface area contributed by atoms with Gasteiger partial charge >= 0.3 is 0 Å². The molecule has 3 N–H and O–H groups in total. The molecular formula is C21H18IN3O2. The highest BCUT2D eigenvalue weighted by molar-refractivity contribution is 14.1. The molecule has 136 valence electrons. The van der Waals surface area contributed by atoms with E-state index < -0.39 is 0 Å². The van der Waals surface area contributed by atoms with Crippen molar-refractivity contribution in [3.8, 4) is 0 Å². The van der Waals surface area contributed by atoms with Crippen molar-refractivity contribution in [2.45, 2.75) is 0 Å². The molecule has 0 aromatic heterocycles. The number of anilines is 3. The van der Waals surface area contributed by atoms with Gasteiger partial charge in [0.05, 0.1) is 17.8 Å². The molecular weight excluding hydrogens is 453 g/mol. The van der Waals surface area contributed by atoms with Crippen LogP contribution >= 0.6 is 22.6 Å². The van der Waals surface area contributed by atoms with Gasteiger partial charge < -0.3 is 16.0 Å². The van der Waals surface area contributed by atoms with Crippen LogP contribution in [0.15, 0.2) is 78.9 Å². The maximum absolute atomic E-state index is 12.6. The molecule has 0 aliphatic heterocycles. The van der Waals surface area contributed by atoms with E-state index in [9.17, 15) is 9.59 Å². The lowest BCUT2D eigenvalue weighted by Gasteiger charge is -2.12. The fourth-order valence-electron chi connectivity index (χ4n) is 2.48. The van der Waals surface area contributed by atoms with Crippen LogP contribution < -0.4 is 16.0 Å². The molecule has 0 fully saturated rings. The Morgan fingerprint density at radius 2 is 1.37 bits per heavy atom. The third-order valence-corrected chi connectivity index (χ3v) is 4.73. The highest BCUT2D eigenvalue weighted by atomic mass is 127.